The molecule has 3 fully saturated rings. The van der Waals surface area contributed by atoms with Gasteiger partial charge in [0.2, 0.25) is 21.8 Å². The van der Waals surface area contributed by atoms with Crippen LogP contribution >= 0.6 is 0 Å². The lowest BCUT2D eigenvalue weighted by molar-refractivity contribution is -0.138. The molecule has 182 valence electrons. The number of nitrogens with zero attached hydrogens (tertiary/aromatic N) is 4. The third-order valence-corrected chi connectivity index (χ3v) is 9.08. The highest BCUT2D eigenvalue weighted by atomic mass is 32.2. The van der Waals surface area contributed by atoms with Crippen molar-refractivity contribution in [1.29, 1.82) is 0 Å². The monoisotopic (exact) mass is 476 g/mol. The molecule has 3 aliphatic rings. The number of hydrogen-bond donors (Lipinski definition) is 0. The van der Waals surface area contributed by atoms with Crippen LogP contribution in [0.15, 0.2) is 23.1 Å². The van der Waals surface area contributed by atoms with Crippen molar-refractivity contribution in [1.82, 2.24) is 19.0 Å². The maximum atomic E-state index is 13.1. The van der Waals surface area contributed by atoms with Gasteiger partial charge in [-0.3, -0.25) is 14.5 Å². The molecule has 0 N–H and O–H groups in total. The van der Waals surface area contributed by atoms with Crippen molar-refractivity contribution in [3.05, 3.63) is 29.3 Å². The van der Waals surface area contributed by atoms with Crippen LogP contribution < -0.4 is 0 Å². The van der Waals surface area contributed by atoms with Crippen molar-refractivity contribution in [3.63, 3.8) is 0 Å². The number of sulfonamides is 1. The molecule has 2 aliphatic heterocycles. The predicted octanol–water partition coefficient (Wildman–Crippen LogP) is 1.47. The van der Waals surface area contributed by atoms with Gasteiger partial charge in [-0.2, -0.15) is 4.31 Å². The zero-order valence-electron chi connectivity index (χ0n) is 19.8. The lowest BCUT2D eigenvalue weighted by atomic mass is 10.2. The fourth-order valence-corrected chi connectivity index (χ4v) is 6.41. The van der Waals surface area contributed by atoms with Gasteiger partial charge in [0.25, 0.3) is 0 Å². The molecule has 0 aromatic heterocycles. The van der Waals surface area contributed by atoms with E-state index in [1.807, 2.05) is 24.0 Å². The second-order valence-electron chi connectivity index (χ2n) is 9.68. The fraction of sp³-hybridized carbons (Fsp3) is 0.667. The van der Waals surface area contributed by atoms with Crippen molar-refractivity contribution in [2.75, 3.05) is 58.9 Å². The van der Waals surface area contributed by atoms with Gasteiger partial charge in [0.05, 0.1) is 4.90 Å². The van der Waals surface area contributed by atoms with E-state index < -0.39 is 10.0 Å². The van der Waals surface area contributed by atoms with Crippen molar-refractivity contribution < 1.29 is 18.0 Å². The highest BCUT2D eigenvalue weighted by Gasteiger charge is 2.32. The molecule has 9 heteroatoms. The maximum absolute atomic E-state index is 13.1. The standard InChI is InChI=1S/C24H36N4O4S/c1-19-3-4-20(2)22(17-19)33(31,32)28-15-13-27(14-16-28)24(30)8-7-23(29)26-11-9-25(10-12-26)18-21-5-6-21/h3-4,17,21H,5-16,18H2,1-2H3. The lowest BCUT2D eigenvalue weighted by Gasteiger charge is -2.35. The lowest BCUT2D eigenvalue weighted by Crippen LogP contribution is -2.51. The molecule has 0 bridgehead atoms. The molecule has 2 saturated heterocycles. The first-order valence-electron chi connectivity index (χ1n) is 12.1. The number of piperazine rings is 2. The number of aryl methyl sites for hydroxylation is 2. The molecule has 1 aliphatic carbocycles. The third kappa shape index (κ3) is 5.94. The molecule has 0 spiro atoms. The van der Waals surface area contributed by atoms with Crippen LogP contribution in [0.3, 0.4) is 0 Å². The topological polar surface area (TPSA) is 81.2 Å². The van der Waals surface area contributed by atoms with E-state index in [2.05, 4.69) is 4.90 Å². The molecule has 1 aromatic rings. The molecule has 0 unspecified atom stereocenters. The first-order chi connectivity index (χ1) is 15.7. The molecule has 33 heavy (non-hydrogen) atoms. The Hall–Kier alpha value is -1.97. The first-order valence-corrected chi connectivity index (χ1v) is 13.5. The fourth-order valence-electron chi connectivity index (χ4n) is 4.68. The van der Waals surface area contributed by atoms with Crippen LogP contribution in [0.4, 0.5) is 0 Å². The normalized spacial score (nSPS) is 20.8. The maximum Gasteiger partial charge on any atom is 0.243 e. The second-order valence-corrected chi connectivity index (χ2v) is 11.6. The van der Waals surface area contributed by atoms with Gasteiger partial charge in [-0.15, -0.1) is 0 Å². The summed E-state index contributed by atoms with van der Waals surface area (Å²) in [5.41, 5.74) is 1.63. The summed E-state index contributed by atoms with van der Waals surface area (Å²) in [5, 5.41) is 0. The highest BCUT2D eigenvalue weighted by molar-refractivity contribution is 7.89. The van der Waals surface area contributed by atoms with E-state index in [1.165, 1.54) is 17.1 Å². The Morgan fingerprint density at radius 1 is 0.848 bits per heavy atom. The Morgan fingerprint density at radius 3 is 1.94 bits per heavy atom. The number of carbonyl (C=O) groups is 2. The smallest absolute Gasteiger partial charge is 0.243 e. The van der Waals surface area contributed by atoms with E-state index >= 15 is 0 Å². The van der Waals surface area contributed by atoms with Gasteiger partial charge < -0.3 is 9.80 Å². The van der Waals surface area contributed by atoms with E-state index in [0.29, 0.717) is 18.0 Å². The predicted molar refractivity (Wildman–Crippen MR) is 126 cm³/mol. The van der Waals surface area contributed by atoms with Gasteiger partial charge in [0.15, 0.2) is 0 Å². The van der Waals surface area contributed by atoms with Crippen molar-refractivity contribution in [3.8, 4) is 0 Å². The number of carbonyl (C=O) groups excluding carboxylic acids is 2. The highest BCUT2D eigenvalue weighted by Crippen LogP contribution is 2.30. The summed E-state index contributed by atoms with van der Waals surface area (Å²) in [6.45, 7) is 9.44. The quantitative estimate of drug-likeness (QED) is 0.595. The number of benzene rings is 1. The zero-order valence-corrected chi connectivity index (χ0v) is 20.6. The zero-order chi connectivity index (χ0) is 23.6. The summed E-state index contributed by atoms with van der Waals surface area (Å²) < 4.78 is 27.6. The summed E-state index contributed by atoms with van der Waals surface area (Å²) >= 11 is 0. The summed E-state index contributed by atoms with van der Waals surface area (Å²) in [6, 6.07) is 5.44. The molecule has 1 saturated carbocycles. The molecule has 1 aromatic carbocycles. The Balaban J connectivity index is 1.21. The molecule has 0 atom stereocenters. The van der Waals surface area contributed by atoms with Gasteiger partial charge >= 0.3 is 0 Å². The van der Waals surface area contributed by atoms with E-state index in [9.17, 15) is 18.0 Å². The number of hydrogen-bond acceptors (Lipinski definition) is 5. The van der Waals surface area contributed by atoms with Crippen LogP contribution in [0.25, 0.3) is 0 Å². The SMILES string of the molecule is Cc1ccc(C)c(S(=O)(=O)N2CCN(C(=O)CCC(=O)N3CCN(CC4CC4)CC3)CC2)c1. The van der Waals surface area contributed by atoms with Crippen LogP contribution in [0.5, 0.6) is 0 Å². The summed E-state index contributed by atoms with van der Waals surface area (Å²) in [7, 11) is -3.58. The van der Waals surface area contributed by atoms with Crippen molar-refractivity contribution in [2.45, 2.75) is 44.4 Å². The van der Waals surface area contributed by atoms with E-state index in [4.69, 9.17) is 0 Å². The third-order valence-electron chi connectivity index (χ3n) is 7.04. The van der Waals surface area contributed by atoms with Crippen molar-refractivity contribution >= 4 is 21.8 Å². The average Bonchev–Trinajstić information content (AvgIpc) is 3.63. The van der Waals surface area contributed by atoms with Crippen LogP contribution in [-0.2, 0) is 19.6 Å². The van der Waals surface area contributed by atoms with Gasteiger partial charge in [-0.1, -0.05) is 12.1 Å². The minimum Gasteiger partial charge on any atom is -0.340 e. The Kier molecular flexibility index (Phi) is 7.40. The molecule has 4 rings (SSSR count). The molecule has 8 nitrogen and oxygen atoms in total. The van der Waals surface area contributed by atoms with Crippen LogP contribution in [0.2, 0.25) is 0 Å². The van der Waals surface area contributed by atoms with Gasteiger partial charge in [0.1, 0.15) is 0 Å². The van der Waals surface area contributed by atoms with Crippen LogP contribution in [0, 0.1) is 19.8 Å². The number of amides is 2. The van der Waals surface area contributed by atoms with E-state index in [1.54, 1.807) is 17.9 Å². The van der Waals surface area contributed by atoms with E-state index in [0.717, 1.165) is 49.8 Å². The van der Waals surface area contributed by atoms with Gasteiger partial charge in [0, 0.05) is 71.7 Å². The summed E-state index contributed by atoms with van der Waals surface area (Å²) in [5.74, 6) is 0.839. The van der Waals surface area contributed by atoms with Crippen molar-refractivity contribution in [2.24, 2.45) is 5.92 Å². The molecule has 0 radical (unpaired) electrons. The Labute approximate surface area is 197 Å². The van der Waals surface area contributed by atoms with Crippen LogP contribution in [0.1, 0.15) is 36.8 Å². The van der Waals surface area contributed by atoms with E-state index in [-0.39, 0.29) is 37.7 Å². The minimum absolute atomic E-state index is 0.0468. The average molecular weight is 477 g/mol. The van der Waals surface area contributed by atoms with Crippen LogP contribution in [-0.4, -0.2) is 98.1 Å². The molecule has 2 heterocycles. The summed E-state index contributed by atoms with van der Waals surface area (Å²) in [4.78, 5) is 31.6. The molecular weight excluding hydrogens is 440 g/mol. The Bertz CT molecular complexity index is 976. The Morgan fingerprint density at radius 2 is 1.39 bits per heavy atom. The van der Waals surface area contributed by atoms with Gasteiger partial charge in [-0.05, 0) is 49.8 Å². The molecular formula is C24H36N4O4S. The largest absolute Gasteiger partial charge is 0.340 e. The van der Waals surface area contributed by atoms with Gasteiger partial charge in [-0.25, -0.2) is 8.42 Å². The first kappa shape index (κ1) is 24.2. The molecule has 2 amide bonds. The number of rotatable bonds is 7. The summed E-state index contributed by atoms with van der Waals surface area (Å²) in [6.07, 6.45) is 3.09. The minimum atomic E-state index is -3.58. The second kappa shape index (κ2) is 10.1.